The molecule has 8 heteroatoms. The fourth-order valence-electron chi connectivity index (χ4n) is 3.07. The van der Waals surface area contributed by atoms with E-state index >= 15 is 0 Å². The van der Waals surface area contributed by atoms with E-state index in [1.54, 1.807) is 0 Å². The number of rotatable bonds is 2. The number of primary amides is 1. The Morgan fingerprint density at radius 3 is 2.35 bits per heavy atom. The predicted octanol–water partition coefficient (Wildman–Crippen LogP) is 3.20. The molecule has 1 aliphatic heterocycles. The van der Waals surface area contributed by atoms with E-state index in [9.17, 15) is 26.7 Å². The highest BCUT2D eigenvalue weighted by Crippen LogP contribution is 2.53. The number of hydrogen-bond donors (Lipinski definition) is 1. The number of alkyl halides is 3. The number of halogens is 5. The molecule has 0 radical (unpaired) electrons. The summed E-state index contributed by atoms with van der Waals surface area (Å²) in [5.74, 6) is -5.72. The third kappa shape index (κ3) is 2.58. The van der Waals surface area contributed by atoms with E-state index in [-0.39, 0.29) is 11.1 Å². The van der Waals surface area contributed by atoms with Crippen molar-refractivity contribution in [2.24, 2.45) is 11.7 Å². The van der Waals surface area contributed by atoms with Crippen LogP contribution in [0.25, 0.3) is 0 Å². The molecule has 1 aromatic rings. The second-order valence-electron chi connectivity index (χ2n) is 5.94. The molecule has 2 N–H and O–H groups in total. The number of amides is 1. The highest BCUT2D eigenvalue weighted by molar-refractivity contribution is 5.81. The zero-order valence-electron chi connectivity index (χ0n) is 12.7. The summed E-state index contributed by atoms with van der Waals surface area (Å²) in [6.45, 7) is 3.31. The van der Waals surface area contributed by atoms with Crippen LogP contribution in [-0.4, -0.2) is 23.8 Å². The first-order chi connectivity index (χ1) is 10.4. The molecule has 3 nitrogen and oxygen atoms in total. The lowest BCUT2D eigenvalue weighted by atomic mass is 9.76. The lowest BCUT2D eigenvalue weighted by Crippen LogP contribution is -2.47. The number of benzene rings is 1. The molecule has 2 rings (SSSR count). The molecule has 1 aromatic carbocycles. The van der Waals surface area contributed by atoms with Gasteiger partial charge in [0.1, 0.15) is 6.10 Å². The second kappa shape index (κ2) is 5.43. The monoisotopic (exact) mass is 337 g/mol. The molecule has 1 aliphatic rings. The maximum absolute atomic E-state index is 13.8. The van der Waals surface area contributed by atoms with Gasteiger partial charge in [0.2, 0.25) is 5.91 Å². The van der Waals surface area contributed by atoms with Gasteiger partial charge in [0, 0.05) is 11.8 Å². The van der Waals surface area contributed by atoms with Crippen LogP contribution in [0.3, 0.4) is 0 Å². The van der Waals surface area contributed by atoms with E-state index in [1.165, 1.54) is 13.8 Å². The molecule has 1 fully saturated rings. The number of carbonyl (C=O) groups is 1. The normalized spacial score (nSPS) is 31.4. The van der Waals surface area contributed by atoms with Gasteiger partial charge in [-0.1, -0.05) is 13.0 Å². The summed E-state index contributed by atoms with van der Waals surface area (Å²) >= 11 is 0. The van der Waals surface area contributed by atoms with Gasteiger partial charge >= 0.3 is 6.18 Å². The Kier molecular flexibility index (Phi) is 4.17. The van der Waals surface area contributed by atoms with Crippen LogP contribution in [-0.2, 0) is 9.53 Å². The minimum Gasteiger partial charge on any atom is -0.367 e. The predicted molar refractivity (Wildman–Crippen MR) is 71.5 cm³/mol. The van der Waals surface area contributed by atoms with E-state index in [0.717, 1.165) is 19.1 Å². The molecular weight excluding hydrogens is 321 g/mol. The van der Waals surface area contributed by atoms with Gasteiger partial charge in [-0.15, -0.1) is 0 Å². The molecule has 0 bridgehead atoms. The lowest BCUT2D eigenvalue weighted by molar-refractivity contribution is -0.272. The molecular formula is C15H16F5NO2. The van der Waals surface area contributed by atoms with Crippen molar-refractivity contribution < 1.29 is 31.5 Å². The highest BCUT2D eigenvalue weighted by atomic mass is 19.4. The average molecular weight is 337 g/mol. The molecule has 23 heavy (non-hydrogen) atoms. The van der Waals surface area contributed by atoms with Crippen molar-refractivity contribution in [1.82, 2.24) is 0 Å². The average Bonchev–Trinajstić information content (AvgIpc) is 2.71. The zero-order valence-corrected chi connectivity index (χ0v) is 12.7. The minimum absolute atomic E-state index is 0.0770. The van der Waals surface area contributed by atoms with Gasteiger partial charge in [-0.2, -0.15) is 13.2 Å². The van der Waals surface area contributed by atoms with Crippen LogP contribution in [0, 0.1) is 24.5 Å². The van der Waals surface area contributed by atoms with Crippen LogP contribution in [0.15, 0.2) is 12.1 Å². The summed E-state index contributed by atoms with van der Waals surface area (Å²) in [7, 11) is 0. The fraction of sp³-hybridized carbons (Fsp3) is 0.533. The van der Waals surface area contributed by atoms with E-state index in [1.807, 2.05) is 0 Å². The molecule has 1 amide bonds. The molecule has 4 atom stereocenters. The Morgan fingerprint density at radius 1 is 1.30 bits per heavy atom. The van der Waals surface area contributed by atoms with Crippen LogP contribution >= 0.6 is 0 Å². The quantitative estimate of drug-likeness (QED) is 0.843. The van der Waals surface area contributed by atoms with Crippen molar-refractivity contribution in [2.45, 2.75) is 44.6 Å². The molecule has 0 aromatic heterocycles. The fourth-order valence-corrected chi connectivity index (χ4v) is 3.07. The lowest BCUT2D eigenvalue weighted by Gasteiger charge is -2.32. The Labute approximate surface area is 129 Å². The number of ether oxygens (including phenoxy) is 1. The van der Waals surface area contributed by atoms with E-state index in [2.05, 4.69) is 0 Å². The van der Waals surface area contributed by atoms with Gasteiger partial charge in [0.15, 0.2) is 17.2 Å². The van der Waals surface area contributed by atoms with Gasteiger partial charge in [0.05, 0.1) is 0 Å². The Bertz CT molecular complexity index is 645. The molecule has 0 spiro atoms. The molecule has 128 valence electrons. The summed E-state index contributed by atoms with van der Waals surface area (Å²) in [5.41, 5.74) is 2.47. The molecule has 0 unspecified atom stereocenters. The van der Waals surface area contributed by atoms with Gasteiger partial charge in [-0.25, -0.2) is 8.78 Å². The Hall–Kier alpha value is -1.70. The van der Waals surface area contributed by atoms with Gasteiger partial charge in [-0.3, -0.25) is 4.79 Å². The SMILES string of the molecule is Cc1c([C@H]2[C@H](C(N)=O)O[C@@](C)(C(F)(F)F)[C@H]2C)ccc(F)c1F. The topological polar surface area (TPSA) is 52.3 Å². The largest absolute Gasteiger partial charge is 0.417 e. The van der Waals surface area contributed by atoms with Gasteiger partial charge < -0.3 is 10.5 Å². The zero-order chi connectivity index (χ0) is 17.7. The maximum Gasteiger partial charge on any atom is 0.417 e. The van der Waals surface area contributed by atoms with Crippen molar-refractivity contribution >= 4 is 5.91 Å². The number of nitrogens with two attached hydrogens (primary N) is 1. The van der Waals surface area contributed by atoms with Crippen LogP contribution in [0.1, 0.15) is 30.9 Å². The Morgan fingerprint density at radius 2 is 1.87 bits per heavy atom. The van der Waals surface area contributed by atoms with Crippen LogP contribution in [0.4, 0.5) is 22.0 Å². The first kappa shape index (κ1) is 17.7. The summed E-state index contributed by atoms with van der Waals surface area (Å²) in [5, 5.41) is 0. The number of carbonyl (C=O) groups excluding carboxylic acids is 1. The van der Waals surface area contributed by atoms with Crippen molar-refractivity contribution in [3.05, 3.63) is 34.9 Å². The molecule has 0 saturated carbocycles. The molecule has 1 saturated heterocycles. The van der Waals surface area contributed by atoms with Crippen molar-refractivity contribution in [3.8, 4) is 0 Å². The van der Waals surface area contributed by atoms with Crippen LogP contribution in [0.5, 0.6) is 0 Å². The Balaban J connectivity index is 2.60. The maximum atomic E-state index is 13.8. The summed E-state index contributed by atoms with van der Waals surface area (Å²) in [4.78, 5) is 11.6. The summed E-state index contributed by atoms with van der Waals surface area (Å²) < 4.78 is 72.1. The van der Waals surface area contributed by atoms with Gasteiger partial charge in [-0.05, 0) is 31.0 Å². The van der Waals surface area contributed by atoms with Crippen molar-refractivity contribution in [3.63, 3.8) is 0 Å². The minimum atomic E-state index is -4.75. The van der Waals surface area contributed by atoms with Gasteiger partial charge in [0.25, 0.3) is 0 Å². The highest BCUT2D eigenvalue weighted by Gasteiger charge is 2.65. The molecule has 0 aliphatic carbocycles. The number of hydrogen-bond acceptors (Lipinski definition) is 2. The summed E-state index contributed by atoms with van der Waals surface area (Å²) in [6, 6.07) is 1.97. The van der Waals surface area contributed by atoms with E-state index in [4.69, 9.17) is 10.5 Å². The van der Waals surface area contributed by atoms with Crippen LogP contribution in [0.2, 0.25) is 0 Å². The first-order valence-electron chi connectivity index (χ1n) is 6.90. The third-order valence-corrected chi connectivity index (χ3v) is 4.69. The van der Waals surface area contributed by atoms with E-state index in [0.29, 0.717) is 0 Å². The molecule has 1 heterocycles. The van der Waals surface area contributed by atoms with Crippen molar-refractivity contribution in [1.29, 1.82) is 0 Å². The van der Waals surface area contributed by atoms with Crippen LogP contribution < -0.4 is 5.73 Å². The second-order valence-corrected chi connectivity index (χ2v) is 5.94. The third-order valence-electron chi connectivity index (χ3n) is 4.69. The summed E-state index contributed by atoms with van der Waals surface area (Å²) in [6.07, 6.45) is -6.33. The first-order valence-corrected chi connectivity index (χ1v) is 6.90. The van der Waals surface area contributed by atoms with Crippen molar-refractivity contribution in [2.75, 3.05) is 0 Å². The standard InChI is InChI=1S/C15H16F5NO2/c1-6-8(4-5-9(16)11(6)17)10-7(2)14(3,15(18,19)20)23-12(10)13(21)22/h4-5,7,10,12H,1-3H3,(H2,21,22)/t7-,10-,12+,14+/m0/s1. The smallest absolute Gasteiger partial charge is 0.367 e. The van der Waals surface area contributed by atoms with E-state index < -0.39 is 47.3 Å².